The van der Waals surface area contributed by atoms with Gasteiger partial charge in [0.25, 0.3) is 5.91 Å². The van der Waals surface area contributed by atoms with E-state index in [1.807, 2.05) is 6.07 Å². The van der Waals surface area contributed by atoms with Crippen LogP contribution in [0, 0.1) is 11.6 Å². The Labute approximate surface area is 169 Å². The molecular weight excluding hydrogens is 398 g/mol. The first kappa shape index (κ1) is 18.8. The van der Waals surface area contributed by atoms with E-state index >= 15 is 0 Å². The minimum absolute atomic E-state index is 0.101. The molecule has 2 heterocycles. The quantitative estimate of drug-likeness (QED) is 0.508. The zero-order valence-corrected chi connectivity index (χ0v) is 15.6. The summed E-state index contributed by atoms with van der Waals surface area (Å²) in [4.78, 5) is 16.8. The minimum Gasteiger partial charge on any atom is -0.321 e. The standard InChI is InChI=1S/C21H13ClF2N4O/c22-17-10-15(5-8-18(17)24)26-21(29)19-11-20(13-2-1-9-25-12-13)28(27-19)16-6-3-14(23)4-7-16/h1-12H,(H,26,29). The van der Waals surface area contributed by atoms with Crippen LogP contribution >= 0.6 is 11.6 Å². The lowest BCUT2D eigenvalue weighted by Crippen LogP contribution is -2.13. The fourth-order valence-corrected chi connectivity index (χ4v) is 2.94. The number of hydrogen-bond acceptors (Lipinski definition) is 3. The van der Waals surface area contributed by atoms with E-state index in [0.717, 1.165) is 11.6 Å². The Balaban J connectivity index is 1.73. The number of hydrogen-bond donors (Lipinski definition) is 1. The highest BCUT2D eigenvalue weighted by Crippen LogP contribution is 2.25. The molecule has 4 rings (SSSR count). The third kappa shape index (κ3) is 4.00. The molecule has 8 heteroatoms. The van der Waals surface area contributed by atoms with Gasteiger partial charge in [-0.3, -0.25) is 9.78 Å². The number of rotatable bonds is 4. The molecule has 0 radical (unpaired) electrons. The highest BCUT2D eigenvalue weighted by molar-refractivity contribution is 6.31. The molecule has 2 aromatic heterocycles. The number of carbonyl (C=O) groups is 1. The molecule has 0 aliphatic heterocycles. The summed E-state index contributed by atoms with van der Waals surface area (Å²) in [5.74, 6) is -1.46. The molecular formula is C21H13ClF2N4O. The van der Waals surface area contributed by atoms with E-state index in [4.69, 9.17) is 11.6 Å². The van der Waals surface area contributed by atoms with Crippen LogP contribution in [-0.4, -0.2) is 20.7 Å². The highest BCUT2D eigenvalue weighted by atomic mass is 35.5. The predicted molar refractivity (Wildman–Crippen MR) is 106 cm³/mol. The Kier molecular flexibility index (Phi) is 5.05. The van der Waals surface area contributed by atoms with Gasteiger partial charge in [-0.1, -0.05) is 11.6 Å². The highest BCUT2D eigenvalue weighted by Gasteiger charge is 2.17. The van der Waals surface area contributed by atoms with Crippen LogP contribution in [0.5, 0.6) is 0 Å². The van der Waals surface area contributed by atoms with Crippen molar-refractivity contribution in [3.8, 4) is 16.9 Å². The Morgan fingerprint density at radius 2 is 1.83 bits per heavy atom. The monoisotopic (exact) mass is 410 g/mol. The summed E-state index contributed by atoms with van der Waals surface area (Å²) < 4.78 is 28.2. The number of nitrogens with zero attached hydrogens (tertiary/aromatic N) is 3. The van der Waals surface area contributed by atoms with Crippen molar-refractivity contribution in [3.63, 3.8) is 0 Å². The van der Waals surface area contributed by atoms with Gasteiger partial charge in [-0.05, 0) is 60.7 Å². The summed E-state index contributed by atoms with van der Waals surface area (Å²) in [5, 5.41) is 6.91. The average molecular weight is 411 g/mol. The van der Waals surface area contributed by atoms with Gasteiger partial charge in [0, 0.05) is 23.6 Å². The number of carbonyl (C=O) groups excluding carboxylic acids is 1. The Morgan fingerprint density at radius 1 is 1.03 bits per heavy atom. The van der Waals surface area contributed by atoms with Crippen LogP contribution in [-0.2, 0) is 0 Å². The van der Waals surface area contributed by atoms with Gasteiger partial charge in [-0.2, -0.15) is 5.10 Å². The number of anilines is 1. The van der Waals surface area contributed by atoms with E-state index in [1.165, 1.54) is 28.9 Å². The van der Waals surface area contributed by atoms with E-state index < -0.39 is 11.7 Å². The number of amides is 1. The van der Waals surface area contributed by atoms with Crippen molar-refractivity contribution in [2.45, 2.75) is 0 Å². The molecule has 5 nitrogen and oxygen atoms in total. The number of aromatic nitrogens is 3. The molecule has 0 saturated carbocycles. The minimum atomic E-state index is -0.580. The van der Waals surface area contributed by atoms with E-state index in [1.54, 1.807) is 36.7 Å². The van der Waals surface area contributed by atoms with E-state index in [9.17, 15) is 13.6 Å². The SMILES string of the molecule is O=C(Nc1ccc(F)c(Cl)c1)c1cc(-c2cccnc2)n(-c2ccc(F)cc2)n1. The van der Waals surface area contributed by atoms with E-state index in [0.29, 0.717) is 17.1 Å². The van der Waals surface area contributed by atoms with E-state index in [2.05, 4.69) is 15.4 Å². The first-order valence-electron chi connectivity index (χ1n) is 8.54. The van der Waals surface area contributed by atoms with Gasteiger partial charge in [0.15, 0.2) is 5.69 Å². The molecule has 0 saturated heterocycles. The molecule has 0 atom stereocenters. The average Bonchev–Trinajstić information content (AvgIpc) is 3.18. The van der Waals surface area contributed by atoms with Gasteiger partial charge in [-0.15, -0.1) is 0 Å². The summed E-state index contributed by atoms with van der Waals surface area (Å²) >= 11 is 5.76. The molecule has 29 heavy (non-hydrogen) atoms. The molecule has 0 bridgehead atoms. The van der Waals surface area contributed by atoms with Gasteiger partial charge in [0.2, 0.25) is 0 Å². The van der Waals surface area contributed by atoms with Crippen LogP contribution in [0.3, 0.4) is 0 Å². The maximum absolute atomic E-state index is 13.3. The lowest BCUT2D eigenvalue weighted by Gasteiger charge is -2.07. The van der Waals surface area contributed by atoms with E-state index in [-0.39, 0.29) is 16.5 Å². The third-order valence-corrected chi connectivity index (χ3v) is 4.44. The largest absolute Gasteiger partial charge is 0.321 e. The lowest BCUT2D eigenvalue weighted by molar-refractivity contribution is 0.102. The molecule has 144 valence electrons. The molecule has 1 N–H and O–H groups in total. The van der Waals surface area contributed by atoms with Crippen molar-refractivity contribution in [1.82, 2.24) is 14.8 Å². The fraction of sp³-hybridized carbons (Fsp3) is 0. The van der Waals surface area contributed by atoms with Crippen LogP contribution in [0.1, 0.15) is 10.5 Å². The maximum atomic E-state index is 13.3. The van der Waals surface area contributed by atoms with Crippen molar-refractivity contribution in [2.75, 3.05) is 5.32 Å². The summed E-state index contributed by atoms with van der Waals surface area (Å²) in [6.07, 6.45) is 3.27. The Morgan fingerprint density at radius 3 is 2.52 bits per heavy atom. The van der Waals surface area contributed by atoms with Crippen LogP contribution in [0.15, 0.2) is 73.1 Å². The summed E-state index contributed by atoms with van der Waals surface area (Å²) in [6.45, 7) is 0. The molecule has 0 aliphatic rings. The molecule has 0 aliphatic carbocycles. The Bertz CT molecular complexity index is 1180. The molecule has 2 aromatic carbocycles. The molecule has 0 fully saturated rings. The van der Waals surface area contributed by atoms with Crippen LogP contribution in [0.25, 0.3) is 16.9 Å². The second kappa shape index (κ2) is 7.81. The van der Waals surface area contributed by atoms with Crippen LogP contribution in [0.4, 0.5) is 14.5 Å². The molecule has 0 unspecified atom stereocenters. The second-order valence-corrected chi connectivity index (χ2v) is 6.53. The normalized spacial score (nSPS) is 10.7. The summed E-state index contributed by atoms with van der Waals surface area (Å²) in [6, 6.07) is 14.8. The zero-order valence-electron chi connectivity index (χ0n) is 14.8. The van der Waals surface area contributed by atoms with Gasteiger partial charge in [-0.25, -0.2) is 13.5 Å². The van der Waals surface area contributed by atoms with Crippen LogP contribution in [0.2, 0.25) is 5.02 Å². The van der Waals surface area contributed by atoms with Gasteiger partial charge in [0.1, 0.15) is 11.6 Å². The molecule has 0 spiro atoms. The molecule has 1 amide bonds. The van der Waals surface area contributed by atoms with Gasteiger partial charge >= 0.3 is 0 Å². The predicted octanol–water partition coefficient (Wildman–Crippen LogP) is 5.12. The van der Waals surface area contributed by atoms with Crippen molar-refractivity contribution in [1.29, 1.82) is 0 Å². The lowest BCUT2D eigenvalue weighted by atomic mass is 10.2. The van der Waals surface area contributed by atoms with Crippen molar-refractivity contribution < 1.29 is 13.6 Å². The topological polar surface area (TPSA) is 59.8 Å². The number of benzene rings is 2. The Hall–Kier alpha value is -3.58. The van der Waals surface area contributed by atoms with Gasteiger partial charge in [0.05, 0.1) is 16.4 Å². The first-order chi connectivity index (χ1) is 14.0. The van der Waals surface area contributed by atoms with Crippen LogP contribution < -0.4 is 5.32 Å². The summed E-state index contributed by atoms with van der Waals surface area (Å²) in [5.41, 5.74) is 2.36. The first-order valence-corrected chi connectivity index (χ1v) is 8.92. The number of nitrogens with one attached hydrogen (secondary N) is 1. The van der Waals surface area contributed by atoms with Crippen molar-refractivity contribution in [3.05, 3.63) is 95.4 Å². The number of halogens is 3. The smallest absolute Gasteiger partial charge is 0.276 e. The maximum Gasteiger partial charge on any atom is 0.276 e. The van der Waals surface area contributed by atoms with Crippen molar-refractivity contribution >= 4 is 23.2 Å². The summed E-state index contributed by atoms with van der Waals surface area (Å²) in [7, 11) is 0. The number of pyridine rings is 1. The zero-order chi connectivity index (χ0) is 20.4. The fourth-order valence-electron chi connectivity index (χ4n) is 2.76. The van der Waals surface area contributed by atoms with Gasteiger partial charge < -0.3 is 5.32 Å². The second-order valence-electron chi connectivity index (χ2n) is 6.13. The molecule has 4 aromatic rings. The van der Waals surface area contributed by atoms with Crippen molar-refractivity contribution in [2.24, 2.45) is 0 Å². The third-order valence-electron chi connectivity index (χ3n) is 4.15.